The van der Waals surface area contributed by atoms with Crippen molar-refractivity contribution in [2.24, 2.45) is 0 Å². The van der Waals surface area contributed by atoms with Crippen molar-refractivity contribution in [1.29, 1.82) is 0 Å². The van der Waals surface area contributed by atoms with Gasteiger partial charge in [-0.3, -0.25) is 0 Å². The zero-order valence-electron chi connectivity index (χ0n) is 10.7. The van der Waals surface area contributed by atoms with E-state index in [4.69, 9.17) is 27.9 Å². The lowest BCUT2D eigenvalue weighted by atomic mass is 10.0. The molecule has 0 saturated carbocycles. The molecule has 0 aliphatic rings. The first-order valence-electron chi connectivity index (χ1n) is 6.00. The Hall–Kier alpha value is -0.740. The van der Waals surface area contributed by atoms with Gasteiger partial charge in [0.2, 0.25) is 0 Å². The fourth-order valence-electron chi connectivity index (χ4n) is 1.97. The summed E-state index contributed by atoms with van der Waals surface area (Å²) in [6.07, 6.45) is 0. The molecule has 19 heavy (non-hydrogen) atoms. The number of ether oxygens (including phenoxy) is 1. The number of hydrogen-bond acceptors (Lipinski definition) is 3. The minimum Gasteiger partial charge on any atom is -0.494 e. The molecule has 1 heterocycles. The zero-order chi connectivity index (χ0) is 13.8. The van der Waals surface area contributed by atoms with Crippen LogP contribution in [-0.2, 0) is 0 Å². The summed E-state index contributed by atoms with van der Waals surface area (Å²) in [5.74, 6) is 0.871. The van der Waals surface area contributed by atoms with Crippen LogP contribution in [0.3, 0.4) is 0 Å². The molecule has 0 aliphatic carbocycles. The molecule has 2 aromatic rings. The van der Waals surface area contributed by atoms with E-state index in [0.717, 1.165) is 21.2 Å². The van der Waals surface area contributed by atoms with Crippen LogP contribution in [0.2, 0.25) is 8.67 Å². The molecule has 1 N–H and O–H groups in total. The Morgan fingerprint density at radius 3 is 2.42 bits per heavy atom. The van der Waals surface area contributed by atoms with E-state index in [9.17, 15) is 0 Å². The predicted molar refractivity (Wildman–Crippen MR) is 82.9 cm³/mol. The molecule has 5 heteroatoms. The molecule has 0 spiro atoms. The summed E-state index contributed by atoms with van der Waals surface area (Å²) in [7, 11) is 1.91. The molecule has 102 valence electrons. The van der Waals surface area contributed by atoms with E-state index in [1.165, 1.54) is 11.3 Å². The SMILES string of the molecule is CCOc1ccc(C(NC)c2cc(Cl)sc2Cl)cc1. The van der Waals surface area contributed by atoms with Crippen molar-refractivity contribution in [2.45, 2.75) is 13.0 Å². The van der Waals surface area contributed by atoms with Crippen LogP contribution >= 0.6 is 34.5 Å². The van der Waals surface area contributed by atoms with Gasteiger partial charge in [-0.1, -0.05) is 35.3 Å². The lowest BCUT2D eigenvalue weighted by Gasteiger charge is -2.16. The third-order valence-electron chi connectivity index (χ3n) is 2.81. The fraction of sp³-hybridized carbons (Fsp3) is 0.286. The topological polar surface area (TPSA) is 21.3 Å². The summed E-state index contributed by atoms with van der Waals surface area (Å²) in [4.78, 5) is 0. The van der Waals surface area contributed by atoms with Gasteiger partial charge in [-0.25, -0.2) is 0 Å². The molecule has 1 unspecified atom stereocenters. The Balaban J connectivity index is 2.29. The van der Waals surface area contributed by atoms with Gasteiger partial charge in [0.1, 0.15) is 5.75 Å². The minimum atomic E-state index is 0.0342. The summed E-state index contributed by atoms with van der Waals surface area (Å²) in [5, 5.41) is 3.26. The van der Waals surface area contributed by atoms with E-state index in [1.807, 2.05) is 44.3 Å². The van der Waals surface area contributed by atoms with E-state index in [1.54, 1.807) is 0 Å². The molecule has 0 radical (unpaired) electrons. The molecule has 0 aliphatic heterocycles. The van der Waals surface area contributed by atoms with Gasteiger partial charge >= 0.3 is 0 Å². The molecule has 0 amide bonds. The fourth-order valence-corrected chi connectivity index (χ4v) is 3.51. The minimum absolute atomic E-state index is 0.0342. The van der Waals surface area contributed by atoms with Crippen LogP contribution in [0.5, 0.6) is 5.75 Å². The van der Waals surface area contributed by atoms with Crippen molar-refractivity contribution < 1.29 is 4.74 Å². The number of rotatable bonds is 5. The van der Waals surface area contributed by atoms with Crippen LogP contribution in [0.1, 0.15) is 24.1 Å². The van der Waals surface area contributed by atoms with Crippen LogP contribution in [-0.4, -0.2) is 13.7 Å². The second kappa shape index (κ2) is 6.62. The summed E-state index contributed by atoms with van der Waals surface area (Å²) in [5.41, 5.74) is 2.13. The summed E-state index contributed by atoms with van der Waals surface area (Å²) >= 11 is 13.6. The third kappa shape index (κ3) is 3.42. The predicted octanol–water partition coefficient (Wildman–Crippen LogP) is 4.76. The second-order valence-electron chi connectivity index (χ2n) is 4.00. The maximum absolute atomic E-state index is 6.22. The number of nitrogens with one attached hydrogen (secondary N) is 1. The molecule has 1 atom stereocenters. The first-order chi connectivity index (χ1) is 9.15. The number of benzene rings is 1. The molecule has 2 rings (SSSR count). The van der Waals surface area contributed by atoms with Crippen molar-refractivity contribution >= 4 is 34.5 Å². The van der Waals surface area contributed by atoms with Crippen LogP contribution in [0, 0.1) is 0 Å². The Morgan fingerprint density at radius 1 is 1.26 bits per heavy atom. The smallest absolute Gasteiger partial charge is 0.119 e. The Kier molecular flexibility index (Phi) is 5.11. The van der Waals surface area contributed by atoms with Gasteiger partial charge in [0, 0.05) is 5.56 Å². The molecule has 1 aromatic carbocycles. The molecular weight excluding hydrogens is 301 g/mol. The average molecular weight is 316 g/mol. The molecular formula is C14H15Cl2NOS. The van der Waals surface area contributed by atoms with Crippen molar-refractivity contribution in [2.75, 3.05) is 13.7 Å². The summed E-state index contributed by atoms with van der Waals surface area (Å²) in [6, 6.07) is 9.94. The first-order valence-corrected chi connectivity index (χ1v) is 7.57. The van der Waals surface area contributed by atoms with Gasteiger partial charge in [0.05, 0.1) is 21.3 Å². The molecule has 1 aromatic heterocycles. The maximum Gasteiger partial charge on any atom is 0.119 e. The standard InChI is InChI=1S/C14H15Cl2NOS/c1-3-18-10-6-4-9(5-7-10)13(17-2)11-8-12(15)19-14(11)16/h4-8,13,17H,3H2,1-2H3. The molecule has 2 nitrogen and oxygen atoms in total. The number of thiophene rings is 1. The monoisotopic (exact) mass is 315 g/mol. The van der Waals surface area contributed by atoms with Gasteiger partial charge in [-0.15, -0.1) is 11.3 Å². The number of hydrogen-bond donors (Lipinski definition) is 1. The summed E-state index contributed by atoms with van der Waals surface area (Å²) in [6.45, 7) is 2.64. The Labute approximate surface area is 127 Å². The van der Waals surface area contributed by atoms with Gasteiger partial charge in [-0.05, 0) is 37.7 Å². The van der Waals surface area contributed by atoms with E-state index in [-0.39, 0.29) is 6.04 Å². The van der Waals surface area contributed by atoms with Crippen LogP contribution < -0.4 is 10.1 Å². The van der Waals surface area contributed by atoms with E-state index < -0.39 is 0 Å². The summed E-state index contributed by atoms with van der Waals surface area (Å²) < 4.78 is 6.86. The van der Waals surface area contributed by atoms with E-state index >= 15 is 0 Å². The Morgan fingerprint density at radius 2 is 1.95 bits per heavy atom. The van der Waals surface area contributed by atoms with Gasteiger partial charge in [0.25, 0.3) is 0 Å². The molecule has 0 saturated heterocycles. The highest BCUT2D eigenvalue weighted by molar-refractivity contribution is 7.20. The lowest BCUT2D eigenvalue weighted by Crippen LogP contribution is -2.17. The van der Waals surface area contributed by atoms with Crippen molar-refractivity contribution in [3.63, 3.8) is 0 Å². The third-order valence-corrected chi connectivity index (χ3v) is 4.33. The molecule has 0 fully saturated rings. The second-order valence-corrected chi connectivity index (χ2v) is 6.29. The van der Waals surface area contributed by atoms with Gasteiger partial charge in [-0.2, -0.15) is 0 Å². The van der Waals surface area contributed by atoms with E-state index in [2.05, 4.69) is 5.32 Å². The van der Waals surface area contributed by atoms with Gasteiger partial charge < -0.3 is 10.1 Å². The normalized spacial score (nSPS) is 12.4. The van der Waals surface area contributed by atoms with E-state index in [0.29, 0.717) is 10.9 Å². The maximum atomic E-state index is 6.22. The van der Waals surface area contributed by atoms with Crippen molar-refractivity contribution in [3.05, 3.63) is 50.1 Å². The van der Waals surface area contributed by atoms with Crippen LogP contribution in [0.4, 0.5) is 0 Å². The molecule has 0 bridgehead atoms. The highest BCUT2D eigenvalue weighted by Crippen LogP contribution is 2.37. The average Bonchev–Trinajstić information content (AvgIpc) is 2.72. The number of halogens is 2. The van der Waals surface area contributed by atoms with Crippen LogP contribution in [0.25, 0.3) is 0 Å². The van der Waals surface area contributed by atoms with Crippen LogP contribution in [0.15, 0.2) is 30.3 Å². The largest absolute Gasteiger partial charge is 0.494 e. The Bertz CT molecular complexity index is 539. The first kappa shape index (κ1) is 14.7. The highest BCUT2D eigenvalue weighted by Gasteiger charge is 2.17. The van der Waals surface area contributed by atoms with Gasteiger partial charge in [0.15, 0.2) is 0 Å². The highest BCUT2D eigenvalue weighted by atomic mass is 35.5. The quantitative estimate of drug-likeness (QED) is 0.858. The zero-order valence-corrected chi connectivity index (χ0v) is 13.1. The lowest BCUT2D eigenvalue weighted by molar-refractivity contribution is 0.340. The van der Waals surface area contributed by atoms with Crippen molar-refractivity contribution in [1.82, 2.24) is 5.32 Å². The van der Waals surface area contributed by atoms with Crippen molar-refractivity contribution in [3.8, 4) is 5.75 Å².